The number of furan rings is 1. The lowest BCUT2D eigenvalue weighted by molar-refractivity contribution is -0.138. The van der Waals surface area contributed by atoms with Crippen molar-refractivity contribution >= 4 is 23.2 Å². The average molecular weight is 420 g/mol. The Morgan fingerprint density at radius 1 is 0.903 bits per heavy atom. The third kappa shape index (κ3) is 2.56. The molecule has 9 nitrogen and oxygen atoms in total. The predicted molar refractivity (Wildman–Crippen MR) is 106 cm³/mol. The lowest BCUT2D eigenvalue weighted by Gasteiger charge is -2.48. The number of nitrogens with zero attached hydrogens (tertiary/aromatic N) is 1. The molecule has 1 unspecified atom stereocenters. The van der Waals surface area contributed by atoms with Gasteiger partial charge in [0.2, 0.25) is 19.5 Å². The van der Waals surface area contributed by atoms with Crippen LogP contribution < -0.4 is 29.2 Å². The zero-order valence-electron chi connectivity index (χ0n) is 16.1. The quantitative estimate of drug-likeness (QED) is 0.648. The Kier molecular flexibility index (Phi) is 3.67. The molecule has 3 aliphatic heterocycles. The van der Waals surface area contributed by atoms with Gasteiger partial charge in [-0.2, -0.15) is 0 Å². The van der Waals surface area contributed by atoms with Gasteiger partial charge in [0.1, 0.15) is 5.76 Å². The molecule has 0 radical (unpaired) electrons. The van der Waals surface area contributed by atoms with Gasteiger partial charge in [-0.3, -0.25) is 14.5 Å². The number of nitrogens with one attached hydrogen (secondary N) is 1. The van der Waals surface area contributed by atoms with E-state index in [0.29, 0.717) is 40.1 Å². The molecule has 1 N–H and O–H groups in total. The fourth-order valence-electron chi connectivity index (χ4n) is 4.10. The molecule has 3 aromatic rings. The molecule has 1 fully saturated rings. The first-order chi connectivity index (χ1) is 15.1. The van der Waals surface area contributed by atoms with Gasteiger partial charge < -0.3 is 28.7 Å². The molecule has 1 aromatic heterocycles. The second-order valence-electron chi connectivity index (χ2n) is 7.30. The standard InChI is InChI=1S/C22H16N2O7/c25-20-10-22(19-2-1-7-27-19,24(20)14-4-6-16-18(9-14)31-12-29-16)21(26)23-13-3-5-15-17(8-13)30-11-28-15/h1-9H,10-12H2,(H,23,26). The molecule has 0 saturated carbocycles. The van der Waals surface area contributed by atoms with Crippen molar-refractivity contribution in [1.82, 2.24) is 0 Å². The SMILES string of the molecule is O=C1CC(C(=O)Nc2ccc3c(c2)OCO3)(c2ccco2)N1c1ccc2c(c1)OCO2. The van der Waals surface area contributed by atoms with Crippen molar-refractivity contribution in [2.75, 3.05) is 23.8 Å². The summed E-state index contributed by atoms with van der Waals surface area (Å²) in [6.45, 7) is 0.246. The lowest BCUT2D eigenvalue weighted by Crippen LogP contribution is -2.67. The van der Waals surface area contributed by atoms with E-state index in [1.807, 2.05) is 0 Å². The molecule has 9 heteroatoms. The summed E-state index contributed by atoms with van der Waals surface area (Å²) in [5, 5.41) is 2.89. The number of fused-ring (bicyclic) bond motifs is 2. The van der Waals surface area contributed by atoms with E-state index in [-0.39, 0.29) is 25.9 Å². The van der Waals surface area contributed by atoms with Crippen LogP contribution in [0, 0.1) is 0 Å². The van der Waals surface area contributed by atoms with Crippen LogP contribution in [0.1, 0.15) is 12.2 Å². The fourth-order valence-corrected chi connectivity index (χ4v) is 4.10. The van der Waals surface area contributed by atoms with Crippen LogP contribution in [0.25, 0.3) is 0 Å². The molecule has 0 spiro atoms. The summed E-state index contributed by atoms with van der Waals surface area (Å²) in [4.78, 5) is 27.8. The van der Waals surface area contributed by atoms with Gasteiger partial charge in [0.15, 0.2) is 28.5 Å². The van der Waals surface area contributed by atoms with Gasteiger partial charge >= 0.3 is 0 Å². The number of carbonyl (C=O) groups excluding carboxylic acids is 2. The van der Waals surface area contributed by atoms with Crippen LogP contribution >= 0.6 is 0 Å². The van der Waals surface area contributed by atoms with E-state index in [1.54, 1.807) is 48.5 Å². The van der Waals surface area contributed by atoms with Gasteiger partial charge in [0.25, 0.3) is 5.91 Å². The van der Waals surface area contributed by atoms with E-state index in [9.17, 15) is 9.59 Å². The van der Waals surface area contributed by atoms with Gasteiger partial charge in [-0.1, -0.05) is 0 Å². The third-order valence-corrected chi connectivity index (χ3v) is 5.59. The molecule has 6 rings (SSSR count). The van der Waals surface area contributed by atoms with Gasteiger partial charge in [-0.05, 0) is 36.4 Å². The highest BCUT2D eigenvalue weighted by molar-refractivity contribution is 6.16. The van der Waals surface area contributed by atoms with Gasteiger partial charge in [-0.15, -0.1) is 0 Å². The summed E-state index contributed by atoms with van der Waals surface area (Å²) < 4.78 is 27.1. The Morgan fingerprint density at radius 2 is 1.61 bits per heavy atom. The monoisotopic (exact) mass is 420 g/mol. The maximum absolute atomic E-state index is 13.6. The van der Waals surface area contributed by atoms with E-state index in [1.165, 1.54) is 11.2 Å². The zero-order chi connectivity index (χ0) is 21.0. The highest BCUT2D eigenvalue weighted by atomic mass is 16.7. The van der Waals surface area contributed by atoms with E-state index in [0.717, 1.165) is 0 Å². The number of β-lactam (4-membered cyclic amide) rings is 1. The molecular weight excluding hydrogens is 404 g/mol. The molecule has 4 heterocycles. The summed E-state index contributed by atoms with van der Waals surface area (Å²) in [5.41, 5.74) is -0.312. The number of rotatable bonds is 4. The Morgan fingerprint density at radius 3 is 2.32 bits per heavy atom. The van der Waals surface area contributed by atoms with Crippen molar-refractivity contribution in [2.45, 2.75) is 12.0 Å². The number of anilines is 2. The van der Waals surface area contributed by atoms with E-state index >= 15 is 0 Å². The Hall–Kier alpha value is -4.14. The van der Waals surface area contributed by atoms with Crippen LogP contribution in [0.15, 0.2) is 59.2 Å². The zero-order valence-corrected chi connectivity index (χ0v) is 16.1. The minimum absolute atomic E-state index is 0.0364. The first-order valence-corrected chi connectivity index (χ1v) is 9.63. The largest absolute Gasteiger partial charge is 0.466 e. The Labute approximate surface area is 176 Å². The summed E-state index contributed by atoms with van der Waals surface area (Å²) in [6.07, 6.45) is 1.44. The van der Waals surface area contributed by atoms with Crippen LogP contribution in [0.5, 0.6) is 23.0 Å². The Balaban J connectivity index is 1.39. The van der Waals surface area contributed by atoms with Crippen LogP contribution in [-0.2, 0) is 15.1 Å². The van der Waals surface area contributed by atoms with Crippen molar-refractivity contribution < 1.29 is 33.0 Å². The maximum atomic E-state index is 13.6. The summed E-state index contributed by atoms with van der Waals surface area (Å²) >= 11 is 0. The van der Waals surface area contributed by atoms with E-state index in [2.05, 4.69) is 5.32 Å². The second kappa shape index (κ2) is 6.43. The number of carbonyl (C=O) groups is 2. The summed E-state index contributed by atoms with van der Waals surface area (Å²) in [6, 6.07) is 13.6. The van der Waals surface area contributed by atoms with Gasteiger partial charge in [-0.25, -0.2) is 0 Å². The second-order valence-corrected chi connectivity index (χ2v) is 7.30. The number of hydrogen-bond donors (Lipinski definition) is 1. The molecule has 2 amide bonds. The number of amides is 2. The third-order valence-electron chi connectivity index (χ3n) is 5.59. The first-order valence-electron chi connectivity index (χ1n) is 9.63. The topological polar surface area (TPSA) is 99.5 Å². The summed E-state index contributed by atoms with van der Waals surface area (Å²) in [7, 11) is 0. The molecule has 0 aliphatic carbocycles. The minimum Gasteiger partial charge on any atom is -0.466 e. The highest BCUT2D eigenvalue weighted by Crippen LogP contribution is 2.48. The van der Waals surface area contributed by atoms with Gasteiger partial charge in [0, 0.05) is 23.5 Å². The number of hydrogen-bond acceptors (Lipinski definition) is 7. The predicted octanol–water partition coefficient (Wildman–Crippen LogP) is 3.01. The molecule has 2 aromatic carbocycles. The summed E-state index contributed by atoms with van der Waals surface area (Å²) in [5.74, 6) is 2.01. The molecule has 156 valence electrons. The van der Waals surface area contributed by atoms with E-state index < -0.39 is 11.4 Å². The smallest absolute Gasteiger partial charge is 0.259 e. The molecule has 1 saturated heterocycles. The molecule has 3 aliphatic rings. The minimum atomic E-state index is -1.34. The lowest BCUT2D eigenvalue weighted by atomic mass is 9.79. The fraction of sp³-hybridized carbons (Fsp3) is 0.182. The van der Waals surface area contributed by atoms with Crippen LogP contribution in [-0.4, -0.2) is 25.4 Å². The Bertz CT molecular complexity index is 1210. The average Bonchev–Trinajstić information content (AvgIpc) is 3.52. The number of ether oxygens (including phenoxy) is 4. The van der Waals surface area contributed by atoms with Crippen LogP contribution in [0.3, 0.4) is 0 Å². The van der Waals surface area contributed by atoms with Crippen molar-refractivity contribution in [2.24, 2.45) is 0 Å². The molecule has 0 bridgehead atoms. The molecular formula is C22H16N2O7. The van der Waals surface area contributed by atoms with Crippen molar-refractivity contribution in [3.05, 3.63) is 60.6 Å². The highest BCUT2D eigenvalue weighted by Gasteiger charge is 2.60. The van der Waals surface area contributed by atoms with Crippen molar-refractivity contribution in [3.8, 4) is 23.0 Å². The molecule has 31 heavy (non-hydrogen) atoms. The van der Waals surface area contributed by atoms with Crippen molar-refractivity contribution in [1.29, 1.82) is 0 Å². The maximum Gasteiger partial charge on any atom is 0.259 e. The molecule has 1 atom stereocenters. The number of benzene rings is 2. The van der Waals surface area contributed by atoms with Crippen LogP contribution in [0.4, 0.5) is 11.4 Å². The first kappa shape index (κ1) is 17.7. The van der Waals surface area contributed by atoms with E-state index in [4.69, 9.17) is 23.4 Å². The van der Waals surface area contributed by atoms with Gasteiger partial charge in [0.05, 0.1) is 12.7 Å². The van der Waals surface area contributed by atoms with Crippen molar-refractivity contribution in [3.63, 3.8) is 0 Å². The normalized spacial score (nSPS) is 20.5. The van der Waals surface area contributed by atoms with Crippen LogP contribution in [0.2, 0.25) is 0 Å².